The minimum Gasteiger partial charge on any atom is -0.507 e. The fraction of sp³-hybridized carbons (Fsp3) is 0.708. The third kappa shape index (κ3) is 13.8. The number of carbonyl (C=O) groups is 1. The van der Waals surface area contributed by atoms with E-state index in [1.165, 1.54) is 69.9 Å². The lowest BCUT2D eigenvalue weighted by Gasteiger charge is -2.37. The Balaban J connectivity index is 0. The number of halogens is 1. The van der Waals surface area contributed by atoms with Crippen LogP contribution in [0.5, 0.6) is 5.75 Å². The second-order valence-corrected chi connectivity index (χ2v) is 8.75. The number of nitrogens with two attached hydrogens (primary N) is 1. The number of benzene rings is 1. The Bertz CT molecular complexity index is 571. The van der Waals surface area contributed by atoms with E-state index in [4.69, 9.17) is 15.9 Å². The molecule has 0 heterocycles. The molecule has 0 spiro atoms. The van der Waals surface area contributed by atoms with Gasteiger partial charge in [0.25, 0.3) is 0 Å². The summed E-state index contributed by atoms with van der Waals surface area (Å²) in [5.74, 6) is -1.31. The minimum atomic E-state index is -1.11. The third-order valence-corrected chi connectivity index (χ3v) is 5.54. The van der Waals surface area contributed by atoms with Crippen molar-refractivity contribution in [1.82, 2.24) is 0 Å². The van der Waals surface area contributed by atoms with Crippen LogP contribution in [0.4, 0.5) is 0 Å². The lowest BCUT2D eigenvalue weighted by molar-refractivity contribution is -0.0135. The molecular weight excluding hydrogens is 402 g/mol. The van der Waals surface area contributed by atoms with Gasteiger partial charge >= 0.3 is 5.97 Å². The molecule has 0 aliphatic carbocycles. The number of aromatic carboxylic acids is 1. The quantitative estimate of drug-likeness (QED) is 0.267. The molecule has 1 aromatic carbocycles. The maximum atomic E-state index is 10.3. The van der Waals surface area contributed by atoms with E-state index >= 15 is 0 Å². The van der Waals surface area contributed by atoms with Gasteiger partial charge in [-0.15, -0.1) is 12.4 Å². The van der Waals surface area contributed by atoms with E-state index in [0.29, 0.717) is 0 Å². The molecule has 1 atom stereocenters. The standard InChI is InChI=1S/C17H37NO.C7H6O3.ClH/c1-5-6-7-8-9-10-11-12-13-14-15-17(4,19)16(2,3)18;8-6-4-2-1-3-5(6)7(9)10;/h19H,5-15,18H2,1-4H3;1-4,8H,(H,9,10);1H. The summed E-state index contributed by atoms with van der Waals surface area (Å²) in [5.41, 5.74) is 4.67. The number of hydrogen-bond acceptors (Lipinski definition) is 4. The van der Waals surface area contributed by atoms with E-state index in [9.17, 15) is 9.90 Å². The minimum absolute atomic E-state index is 0. The molecule has 0 saturated carbocycles. The van der Waals surface area contributed by atoms with E-state index < -0.39 is 17.1 Å². The van der Waals surface area contributed by atoms with E-state index in [2.05, 4.69) is 6.92 Å². The van der Waals surface area contributed by atoms with Crippen molar-refractivity contribution in [2.24, 2.45) is 5.73 Å². The zero-order chi connectivity index (χ0) is 22.3. The predicted molar refractivity (Wildman–Crippen MR) is 128 cm³/mol. The third-order valence-electron chi connectivity index (χ3n) is 5.54. The molecule has 0 bridgehead atoms. The summed E-state index contributed by atoms with van der Waals surface area (Å²) in [7, 11) is 0. The average molecular weight is 446 g/mol. The molecule has 0 radical (unpaired) electrons. The first-order valence-electron chi connectivity index (χ1n) is 11.1. The molecule has 5 N–H and O–H groups in total. The van der Waals surface area contributed by atoms with Gasteiger partial charge in [-0.05, 0) is 39.3 Å². The van der Waals surface area contributed by atoms with Crippen LogP contribution >= 0.6 is 12.4 Å². The molecule has 0 aliphatic rings. The van der Waals surface area contributed by atoms with E-state index in [1.807, 2.05) is 20.8 Å². The molecule has 0 aliphatic heterocycles. The zero-order valence-corrected chi connectivity index (χ0v) is 20.1. The summed E-state index contributed by atoms with van der Waals surface area (Å²) in [6, 6.07) is 5.81. The summed E-state index contributed by atoms with van der Waals surface area (Å²) < 4.78 is 0. The van der Waals surface area contributed by atoms with Crippen LogP contribution in [-0.4, -0.2) is 32.4 Å². The Hall–Kier alpha value is -1.30. The Morgan fingerprint density at radius 1 is 0.900 bits per heavy atom. The van der Waals surface area contributed by atoms with Crippen LogP contribution in [-0.2, 0) is 0 Å². The van der Waals surface area contributed by atoms with Crippen molar-refractivity contribution in [2.75, 3.05) is 0 Å². The first-order chi connectivity index (χ1) is 13.5. The van der Waals surface area contributed by atoms with Crippen LogP contribution in [0.25, 0.3) is 0 Å². The van der Waals surface area contributed by atoms with Crippen LogP contribution in [0.2, 0.25) is 0 Å². The highest BCUT2D eigenvalue weighted by molar-refractivity contribution is 5.90. The topological polar surface area (TPSA) is 104 Å². The largest absolute Gasteiger partial charge is 0.507 e. The molecule has 1 rings (SSSR count). The van der Waals surface area contributed by atoms with Gasteiger partial charge in [0.1, 0.15) is 11.3 Å². The van der Waals surface area contributed by atoms with Crippen molar-refractivity contribution >= 4 is 18.4 Å². The SMILES string of the molecule is CCCCCCCCCCCCC(C)(O)C(C)(C)N.Cl.O=C(O)c1ccccc1O. The Morgan fingerprint density at radius 2 is 1.33 bits per heavy atom. The van der Waals surface area contributed by atoms with Gasteiger partial charge < -0.3 is 21.1 Å². The van der Waals surface area contributed by atoms with Gasteiger partial charge in [-0.1, -0.05) is 83.3 Å². The highest BCUT2D eigenvalue weighted by Gasteiger charge is 2.34. The Labute approximate surface area is 189 Å². The maximum Gasteiger partial charge on any atom is 0.339 e. The summed E-state index contributed by atoms with van der Waals surface area (Å²) >= 11 is 0. The second kappa shape index (κ2) is 16.4. The molecular formula is C24H44ClNO4. The number of rotatable bonds is 13. The lowest BCUT2D eigenvalue weighted by atomic mass is 9.81. The van der Waals surface area contributed by atoms with Crippen LogP contribution in [0.1, 0.15) is 109 Å². The highest BCUT2D eigenvalue weighted by atomic mass is 35.5. The van der Waals surface area contributed by atoms with Crippen molar-refractivity contribution in [2.45, 2.75) is 109 Å². The highest BCUT2D eigenvalue weighted by Crippen LogP contribution is 2.25. The lowest BCUT2D eigenvalue weighted by Crippen LogP contribution is -2.54. The van der Waals surface area contributed by atoms with Crippen LogP contribution in [0, 0.1) is 0 Å². The Morgan fingerprint density at radius 3 is 1.70 bits per heavy atom. The van der Waals surface area contributed by atoms with Crippen LogP contribution in [0.15, 0.2) is 24.3 Å². The molecule has 0 fully saturated rings. The molecule has 176 valence electrons. The number of para-hydroxylation sites is 1. The average Bonchev–Trinajstić information content (AvgIpc) is 2.63. The van der Waals surface area contributed by atoms with Gasteiger partial charge in [-0.2, -0.15) is 0 Å². The van der Waals surface area contributed by atoms with Gasteiger partial charge in [-0.3, -0.25) is 0 Å². The number of hydrogen-bond donors (Lipinski definition) is 4. The first-order valence-corrected chi connectivity index (χ1v) is 11.1. The van der Waals surface area contributed by atoms with Gasteiger partial charge in [0.2, 0.25) is 0 Å². The Kier molecular flexibility index (Phi) is 16.9. The zero-order valence-electron chi connectivity index (χ0n) is 19.3. The molecule has 1 aromatic rings. The van der Waals surface area contributed by atoms with Crippen molar-refractivity contribution < 1.29 is 20.1 Å². The van der Waals surface area contributed by atoms with Gasteiger partial charge in [-0.25, -0.2) is 4.79 Å². The summed E-state index contributed by atoms with van der Waals surface area (Å²) in [4.78, 5) is 10.3. The van der Waals surface area contributed by atoms with E-state index in [-0.39, 0.29) is 23.7 Å². The van der Waals surface area contributed by atoms with Gasteiger partial charge in [0, 0.05) is 5.54 Å². The molecule has 30 heavy (non-hydrogen) atoms. The predicted octanol–water partition coefficient (Wildman–Crippen LogP) is 6.30. The maximum absolute atomic E-state index is 10.3. The summed E-state index contributed by atoms with van der Waals surface area (Å²) in [6.07, 6.45) is 14.1. The van der Waals surface area contributed by atoms with Crippen molar-refractivity contribution in [3.05, 3.63) is 29.8 Å². The molecule has 6 heteroatoms. The fourth-order valence-corrected chi connectivity index (χ4v) is 2.93. The number of aliphatic hydroxyl groups is 1. The normalized spacial score (nSPS) is 12.9. The van der Waals surface area contributed by atoms with Crippen molar-refractivity contribution in [3.8, 4) is 5.75 Å². The van der Waals surface area contributed by atoms with Gasteiger partial charge in [0.05, 0.1) is 5.60 Å². The fourth-order valence-electron chi connectivity index (χ4n) is 2.93. The van der Waals surface area contributed by atoms with E-state index in [0.717, 1.165) is 12.8 Å². The number of aromatic hydroxyl groups is 1. The number of phenols is 1. The molecule has 1 unspecified atom stereocenters. The smallest absolute Gasteiger partial charge is 0.339 e. The number of unbranched alkanes of at least 4 members (excludes halogenated alkanes) is 9. The van der Waals surface area contributed by atoms with Crippen LogP contribution in [0.3, 0.4) is 0 Å². The van der Waals surface area contributed by atoms with E-state index in [1.54, 1.807) is 12.1 Å². The molecule has 0 amide bonds. The first kappa shape index (κ1) is 30.9. The van der Waals surface area contributed by atoms with Crippen molar-refractivity contribution in [3.63, 3.8) is 0 Å². The van der Waals surface area contributed by atoms with Gasteiger partial charge in [0.15, 0.2) is 0 Å². The van der Waals surface area contributed by atoms with Crippen molar-refractivity contribution in [1.29, 1.82) is 0 Å². The molecule has 0 aromatic heterocycles. The number of carboxylic acid groups (broad SMARTS) is 1. The molecule has 5 nitrogen and oxygen atoms in total. The summed E-state index contributed by atoms with van der Waals surface area (Å²) in [5, 5.41) is 27.6. The number of carboxylic acids is 1. The molecule has 0 saturated heterocycles. The monoisotopic (exact) mass is 445 g/mol. The summed E-state index contributed by atoms with van der Waals surface area (Å²) in [6.45, 7) is 7.94. The van der Waals surface area contributed by atoms with Crippen LogP contribution < -0.4 is 5.73 Å². The second-order valence-electron chi connectivity index (χ2n) is 8.75.